The van der Waals surface area contributed by atoms with Crippen molar-refractivity contribution >= 4 is 61.1 Å². The lowest BCUT2D eigenvalue weighted by atomic mass is 9.95. The molecular weight excluding hydrogens is 866 g/mol. The maximum Gasteiger partial charge on any atom is 0.343 e. The maximum absolute atomic E-state index is 14.1. The average Bonchev–Trinajstić information content (AvgIpc) is 3.98. The van der Waals surface area contributed by atoms with Gasteiger partial charge in [-0.1, -0.05) is 78.9 Å². The minimum atomic E-state index is -0.630. The van der Waals surface area contributed by atoms with Gasteiger partial charge in [0.1, 0.15) is 59.3 Å². The number of phenols is 1. The highest BCUT2D eigenvalue weighted by Crippen LogP contribution is 2.38. The van der Waals surface area contributed by atoms with Crippen LogP contribution >= 0.6 is 0 Å². The molecular formula is C51H40FN11O5. The summed E-state index contributed by atoms with van der Waals surface area (Å²) in [7, 11) is 4.00. The maximum atomic E-state index is 14.1. The molecule has 6 aromatic heterocycles. The molecule has 5 aromatic carbocycles. The Balaban J connectivity index is 0.000000160. The van der Waals surface area contributed by atoms with Crippen molar-refractivity contribution < 1.29 is 18.3 Å². The predicted octanol–water partition coefficient (Wildman–Crippen LogP) is 9.11. The Hall–Kier alpha value is -9.25. The molecule has 0 bridgehead atoms. The number of imidazole rings is 1. The number of hydrogen-bond acceptors (Lipinski definition) is 14. The highest BCUT2D eigenvalue weighted by Gasteiger charge is 2.24. The molecule has 336 valence electrons. The van der Waals surface area contributed by atoms with Gasteiger partial charge >= 0.3 is 11.3 Å². The Kier molecular flexibility index (Phi) is 11.1. The first-order chi connectivity index (χ1) is 33.0. The van der Waals surface area contributed by atoms with E-state index in [9.17, 15) is 19.1 Å². The van der Waals surface area contributed by atoms with Crippen LogP contribution in [0.4, 0.5) is 21.7 Å². The molecule has 1 unspecified atom stereocenters. The molecule has 1 atom stereocenters. The lowest BCUT2D eigenvalue weighted by molar-refractivity contribution is 0.449. The number of aromatic hydroxyl groups is 1. The van der Waals surface area contributed by atoms with Crippen LogP contribution in [-0.4, -0.2) is 58.9 Å². The minimum absolute atomic E-state index is 0.0402. The third-order valence-corrected chi connectivity index (χ3v) is 11.5. The number of rotatable bonds is 9. The number of anilines is 3. The molecule has 0 aliphatic heterocycles. The van der Waals surface area contributed by atoms with E-state index in [0.717, 1.165) is 44.8 Å². The van der Waals surface area contributed by atoms with Gasteiger partial charge in [0.25, 0.3) is 0 Å². The van der Waals surface area contributed by atoms with Crippen molar-refractivity contribution in [3.05, 3.63) is 178 Å². The summed E-state index contributed by atoms with van der Waals surface area (Å²) >= 11 is 0. The van der Waals surface area contributed by atoms with Gasteiger partial charge in [0.05, 0.1) is 28.5 Å². The number of aromatic amines is 1. The number of nitrogens with zero attached hydrogens (tertiary/aromatic N) is 8. The second-order valence-electron chi connectivity index (χ2n) is 16.1. The normalized spacial score (nSPS) is 11.8. The van der Waals surface area contributed by atoms with Crippen LogP contribution in [0, 0.1) is 5.82 Å². The van der Waals surface area contributed by atoms with Crippen LogP contribution in [0.15, 0.2) is 159 Å². The largest absolute Gasteiger partial charge is 0.508 e. The van der Waals surface area contributed by atoms with E-state index >= 15 is 0 Å². The summed E-state index contributed by atoms with van der Waals surface area (Å²) in [6.45, 7) is 1.98. The Bertz CT molecular complexity index is 3790. The van der Waals surface area contributed by atoms with Crippen LogP contribution in [0.25, 0.3) is 77.3 Å². The molecule has 0 saturated heterocycles. The number of fused-ring (bicyclic) bond motifs is 4. The number of nitrogens with one attached hydrogen (secondary N) is 2. The quantitative estimate of drug-likeness (QED) is 0.106. The van der Waals surface area contributed by atoms with Crippen LogP contribution in [0.5, 0.6) is 5.75 Å². The molecule has 5 N–H and O–H groups in total. The van der Waals surface area contributed by atoms with Gasteiger partial charge in [-0.25, -0.2) is 43.6 Å². The van der Waals surface area contributed by atoms with Crippen LogP contribution in [0.3, 0.4) is 0 Å². The van der Waals surface area contributed by atoms with E-state index in [0.29, 0.717) is 61.6 Å². The zero-order chi connectivity index (χ0) is 47.1. The molecule has 17 heteroatoms. The summed E-state index contributed by atoms with van der Waals surface area (Å²) < 4.78 is 27.4. The van der Waals surface area contributed by atoms with Crippen molar-refractivity contribution in [3.8, 4) is 39.3 Å². The zero-order valence-corrected chi connectivity index (χ0v) is 36.7. The Morgan fingerprint density at radius 2 is 1.43 bits per heavy atom. The van der Waals surface area contributed by atoms with Gasteiger partial charge in [-0.2, -0.15) is 5.10 Å². The summed E-state index contributed by atoms with van der Waals surface area (Å²) in [5, 5.41) is 20.9. The smallest absolute Gasteiger partial charge is 0.343 e. The number of nitrogens with two attached hydrogens (primary N) is 1. The number of aromatic nitrogens is 8. The summed E-state index contributed by atoms with van der Waals surface area (Å²) in [6.07, 6.45) is 4.33. The minimum Gasteiger partial charge on any atom is -0.508 e. The van der Waals surface area contributed by atoms with E-state index < -0.39 is 11.4 Å². The Labute approximate surface area is 385 Å². The van der Waals surface area contributed by atoms with Gasteiger partial charge in [0.15, 0.2) is 17.1 Å². The molecule has 0 fully saturated rings. The summed E-state index contributed by atoms with van der Waals surface area (Å²) in [4.78, 5) is 51.9. The number of hydrogen-bond donors (Lipinski definition) is 4. The van der Waals surface area contributed by atoms with E-state index in [2.05, 4.69) is 46.4 Å². The molecule has 6 heterocycles. The molecule has 0 aliphatic carbocycles. The van der Waals surface area contributed by atoms with Gasteiger partial charge in [-0.05, 0) is 54.4 Å². The van der Waals surface area contributed by atoms with Crippen LogP contribution in [0.1, 0.15) is 24.5 Å². The molecule has 0 amide bonds. The van der Waals surface area contributed by atoms with E-state index in [-0.39, 0.29) is 29.8 Å². The Morgan fingerprint density at radius 1 is 0.750 bits per heavy atom. The SMILES string of the molecule is CC(Nc1ncnc2nc[nH]c12)c1oc(=O)c2ccccc2c1-c1cccc(N(C)C)c1.Nc1ncnc2c1c(-c1cc(O)cc(F)c1)nn2Cc1oc(=O)c2ccccc2c1-c1ccccc1. The lowest BCUT2D eigenvalue weighted by Crippen LogP contribution is -2.14. The van der Waals surface area contributed by atoms with Crippen molar-refractivity contribution in [1.82, 2.24) is 39.7 Å². The number of halogens is 1. The highest BCUT2D eigenvalue weighted by atomic mass is 19.1. The zero-order valence-electron chi connectivity index (χ0n) is 36.7. The fourth-order valence-electron chi connectivity index (χ4n) is 8.37. The monoisotopic (exact) mass is 905 g/mol. The van der Waals surface area contributed by atoms with Crippen LogP contribution in [-0.2, 0) is 6.54 Å². The number of H-pyrrole nitrogens is 1. The standard InChI is InChI=1S/C27H18FN5O3.C24H22N6O2/c28-17-10-16(11-18(34)12-17)24-23-25(29)30-14-31-26(23)33(32-24)13-21-22(15-6-2-1-3-7-15)19-8-4-5-9-20(19)27(35)36-21;1-14(29-23-20-22(26-12-25-20)27-13-28-23)21-19(15-7-6-8-16(11-15)30(2)3)17-9-4-5-10-18(17)24(31)32-21/h1-12,14,34H,13H2,(H2,29,30,31);4-14H,1-3H3,(H2,25,26,27,28,29). The second-order valence-corrected chi connectivity index (χ2v) is 16.1. The molecule has 0 radical (unpaired) electrons. The van der Waals surface area contributed by atoms with Gasteiger partial charge in [-0.15, -0.1) is 0 Å². The molecule has 68 heavy (non-hydrogen) atoms. The molecule has 11 aromatic rings. The van der Waals surface area contributed by atoms with Crippen molar-refractivity contribution in [3.63, 3.8) is 0 Å². The van der Waals surface area contributed by atoms with Crippen molar-refractivity contribution in [2.45, 2.75) is 19.5 Å². The predicted molar refractivity (Wildman–Crippen MR) is 260 cm³/mol. The summed E-state index contributed by atoms with van der Waals surface area (Å²) in [5.41, 5.74) is 12.1. The third-order valence-electron chi connectivity index (χ3n) is 11.5. The highest BCUT2D eigenvalue weighted by molar-refractivity contribution is 6.00. The topological polar surface area (TPSA) is 220 Å². The van der Waals surface area contributed by atoms with E-state index in [1.807, 2.05) is 105 Å². The first-order valence-electron chi connectivity index (χ1n) is 21.3. The van der Waals surface area contributed by atoms with Crippen molar-refractivity contribution in [1.29, 1.82) is 0 Å². The first-order valence-corrected chi connectivity index (χ1v) is 21.3. The molecule has 0 saturated carbocycles. The van der Waals surface area contributed by atoms with Crippen LogP contribution < -0.4 is 27.2 Å². The van der Waals surface area contributed by atoms with Gasteiger partial charge < -0.3 is 34.9 Å². The fraction of sp³-hybridized carbons (Fsp3) is 0.0980. The van der Waals surface area contributed by atoms with Gasteiger partial charge in [0, 0.05) is 53.3 Å². The first kappa shape index (κ1) is 42.7. The molecule has 16 nitrogen and oxygen atoms in total. The average molecular weight is 906 g/mol. The lowest BCUT2D eigenvalue weighted by Gasteiger charge is -2.20. The number of benzene rings is 5. The molecule has 11 rings (SSSR count). The van der Waals surface area contributed by atoms with Gasteiger partial charge in [-0.3, -0.25) is 0 Å². The van der Waals surface area contributed by atoms with E-state index in [1.54, 1.807) is 24.5 Å². The van der Waals surface area contributed by atoms with Crippen LogP contribution in [0.2, 0.25) is 0 Å². The summed E-state index contributed by atoms with van der Waals surface area (Å²) in [5.74, 6) is 0.762. The number of nitrogen functional groups attached to an aromatic ring is 1. The van der Waals surface area contributed by atoms with E-state index in [4.69, 9.17) is 14.6 Å². The second kappa shape index (κ2) is 17.6. The van der Waals surface area contributed by atoms with Crippen molar-refractivity contribution in [2.24, 2.45) is 0 Å². The number of phenolic OH excluding ortho intramolecular Hbond substituents is 1. The van der Waals surface area contributed by atoms with E-state index in [1.165, 1.54) is 29.5 Å². The Morgan fingerprint density at radius 3 is 2.16 bits per heavy atom. The fourth-order valence-corrected chi connectivity index (χ4v) is 8.37. The molecule has 0 aliphatic rings. The van der Waals surface area contributed by atoms with Crippen molar-refractivity contribution in [2.75, 3.05) is 30.0 Å². The third kappa shape index (κ3) is 7.97. The van der Waals surface area contributed by atoms with Gasteiger partial charge in [0.2, 0.25) is 0 Å². The molecule has 0 spiro atoms. The summed E-state index contributed by atoms with van der Waals surface area (Å²) in [6, 6.07) is 35.8.